The van der Waals surface area contributed by atoms with E-state index >= 15 is 0 Å². The molecule has 1 heterocycles. The average Bonchev–Trinajstić information content (AvgIpc) is 2.80. The maximum Gasteiger partial charge on any atom is 0.274 e. The molecule has 0 radical (unpaired) electrons. The number of aromatic nitrogens is 1. The largest absolute Gasteiger partial charge is 0.447 e. The van der Waals surface area contributed by atoms with Crippen molar-refractivity contribution < 1.29 is 9.34 Å². The van der Waals surface area contributed by atoms with E-state index in [-0.39, 0.29) is 10.6 Å². The molecule has 0 atom stereocenters. The van der Waals surface area contributed by atoms with Gasteiger partial charge in [-0.05, 0) is 25.5 Å². The zero-order chi connectivity index (χ0) is 13.1. The normalized spacial score (nSPS) is 10.3. The lowest BCUT2D eigenvalue weighted by molar-refractivity contribution is -0.385. The monoisotopic (exact) mass is 247 g/mol. The van der Waals surface area contributed by atoms with E-state index in [1.165, 1.54) is 6.39 Å². The summed E-state index contributed by atoms with van der Waals surface area (Å²) in [6.45, 7) is 4.08. The molecule has 18 heavy (non-hydrogen) atoms. The van der Waals surface area contributed by atoms with Crippen LogP contribution in [0.4, 0.5) is 11.4 Å². The Labute approximate surface area is 104 Å². The summed E-state index contributed by atoms with van der Waals surface area (Å²) in [6, 6.07) is 3.34. The Balaban J connectivity index is 2.22. The highest BCUT2D eigenvalue weighted by Gasteiger charge is 2.13. The molecule has 0 aliphatic carbocycles. The van der Waals surface area contributed by atoms with E-state index in [1.807, 2.05) is 6.92 Å². The fraction of sp³-hybridized carbons (Fsp3) is 0.250. The Morgan fingerprint density at radius 2 is 2.17 bits per heavy atom. The Morgan fingerprint density at radius 1 is 1.39 bits per heavy atom. The number of anilines is 1. The summed E-state index contributed by atoms with van der Waals surface area (Å²) in [5.74, 6) is 0.678. The van der Waals surface area contributed by atoms with Gasteiger partial charge in [0.1, 0.15) is 5.76 Å². The molecule has 0 amide bonds. The van der Waals surface area contributed by atoms with Crippen LogP contribution in [0.25, 0.3) is 0 Å². The van der Waals surface area contributed by atoms with Crippen LogP contribution in [0.2, 0.25) is 0 Å². The van der Waals surface area contributed by atoms with Gasteiger partial charge in [0.2, 0.25) is 0 Å². The second-order valence-electron chi connectivity index (χ2n) is 4.03. The van der Waals surface area contributed by atoms with Gasteiger partial charge < -0.3 is 9.73 Å². The van der Waals surface area contributed by atoms with Crippen molar-refractivity contribution in [3.05, 3.63) is 51.7 Å². The summed E-state index contributed by atoms with van der Waals surface area (Å²) in [5.41, 5.74) is 2.45. The van der Waals surface area contributed by atoms with Crippen molar-refractivity contribution in [2.75, 3.05) is 5.32 Å². The van der Waals surface area contributed by atoms with E-state index in [2.05, 4.69) is 10.3 Å². The van der Waals surface area contributed by atoms with Gasteiger partial charge in [0.15, 0.2) is 6.39 Å². The molecule has 0 saturated carbocycles. The van der Waals surface area contributed by atoms with Crippen LogP contribution in [0.1, 0.15) is 16.9 Å². The first-order valence-corrected chi connectivity index (χ1v) is 5.45. The van der Waals surface area contributed by atoms with Gasteiger partial charge in [-0.15, -0.1) is 0 Å². The van der Waals surface area contributed by atoms with Crippen molar-refractivity contribution in [3.8, 4) is 0 Å². The number of hydrogen-bond donors (Lipinski definition) is 1. The zero-order valence-corrected chi connectivity index (χ0v) is 10.1. The lowest BCUT2D eigenvalue weighted by atomic mass is 10.1. The molecule has 0 fully saturated rings. The van der Waals surface area contributed by atoms with Crippen molar-refractivity contribution in [2.24, 2.45) is 0 Å². The molecule has 1 N–H and O–H groups in total. The number of hydrogen-bond acceptors (Lipinski definition) is 5. The molecule has 0 aliphatic heterocycles. The van der Waals surface area contributed by atoms with Crippen molar-refractivity contribution in [1.82, 2.24) is 4.98 Å². The molecule has 0 saturated heterocycles. The Kier molecular flexibility index (Phi) is 3.27. The molecule has 6 heteroatoms. The van der Waals surface area contributed by atoms with Gasteiger partial charge in [-0.3, -0.25) is 10.1 Å². The molecule has 0 unspecified atom stereocenters. The summed E-state index contributed by atoms with van der Waals surface area (Å²) in [7, 11) is 0. The summed E-state index contributed by atoms with van der Waals surface area (Å²) < 4.78 is 5.09. The van der Waals surface area contributed by atoms with Crippen LogP contribution in [0.5, 0.6) is 0 Å². The van der Waals surface area contributed by atoms with Gasteiger partial charge >= 0.3 is 0 Å². The minimum Gasteiger partial charge on any atom is -0.447 e. The SMILES string of the molecule is Cc1cc(C)c([N+](=O)[O-])cc1NCc1cnco1. The summed E-state index contributed by atoms with van der Waals surface area (Å²) in [6.07, 6.45) is 2.95. The van der Waals surface area contributed by atoms with Crippen LogP contribution in [0.15, 0.2) is 29.1 Å². The number of nitro groups is 1. The van der Waals surface area contributed by atoms with Gasteiger partial charge in [0.25, 0.3) is 5.69 Å². The predicted octanol–water partition coefficient (Wildman–Crippen LogP) is 2.81. The quantitative estimate of drug-likeness (QED) is 0.663. The lowest BCUT2D eigenvalue weighted by Gasteiger charge is -2.09. The number of oxazole rings is 1. The molecule has 2 aromatic rings. The fourth-order valence-electron chi connectivity index (χ4n) is 1.74. The first-order valence-electron chi connectivity index (χ1n) is 5.45. The second kappa shape index (κ2) is 4.87. The molecule has 1 aromatic carbocycles. The molecule has 0 bridgehead atoms. The summed E-state index contributed by atoms with van der Waals surface area (Å²) in [4.78, 5) is 14.3. The zero-order valence-electron chi connectivity index (χ0n) is 10.1. The summed E-state index contributed by atoms with van der Waals surface area (Å²) in [5, 5.41) is 14.0. The first kappa shape index (κ1) is 12.1. The van der Waals surface area contributed by atoms with Gasteiger partial charge in [-0.25, -0.2) is 4.98 Å². The number of aryl methyl sites for hydroxylation is 2. The van der Waals surface area contributed by atoms with E-state index in [1.54, 1.807) is 25.3 Å². The third kappa shape index (κ3) is 2.48. The van der Waals surface area contributed by atoms with Crippen molar-refractivity contribution in [1.29, 1.82) is 0 Å². The Morgan fingerprint density at radius 3 is 2.78 bits per heavy atom. The highest BCUT2D eigenvalue weighted by molar-refractivity contribution is 5.60. The molecule has 2 rings (SSSR count). The van der Waals surface area contributed by atoms with Crippen molar-refractivity contribution in [2.45, 2.75) is 20.4 Å². The maximum atomic E-state index is 10.9. The van der Waals surface area contributed by atoms with Crippen LogP contribution in [0.3, 0.4) is 0 Å². The summed E-state index contributed by atoms with van der Waals surface area (Å²) >= 11 is 0. The number of nitro benzene ring substituents is 1. The Hall–Kier alpha value is -2.37. The van der Waals surface area contributed by atoms with Crippen LogP contribution in [-0.4, -0.2) is 9.91 Å². The second-order valence-corrected chi connectivity index (χ2v) is 4.03. The van der Waals surface area contributed by atoms with Gasteiger partial charge in [-0.1, -0.05) is 0 Å². The smallest absolute Gasteiger partial charge is 0.274 e. The van der Waals surface area contributed by atoms with E-state index in [0.29, 0.717) is 17.9 Å². The van der Waals surface area contributed by atoms with E-state index in [9.17, 15) is 10.1 Å². The molecule has 6 nitrogen and oxygen atoms in total. The van der Waals surface area contributed by atoms with E-state index < -0.39 is 0 Å². The van der Waals surface area contributed by atoms with Crippen LogP contribution >= 0.6 is 0 Å². The molecule has 0 aliphatic rings. The third-order valence-electron chi connectivity index (χ3n) is 2.68. The molecule has 0 spiro atoms. The highest BCUT2D eigenvalue weighted by Crippen LogP contribution is 2.26. The molecular formula is C12H13N3O3. The van der Waals surface area contributed by atoms with Crippen molar-refractivity contribution >= 4 is 11.4 Å². The van der Waals surface area contributed by atoms with Crippen molar-refractivity contribution in [3.63, 3.8) is 0 Å². The van der Waals surface area contributed by atoms with Gasteiger partial charge in [0, 0.05) is 17.3 Å². The van der Waals surface area contributed by atoms with E-state index in [0.717, 1.165) is 11.3 Å². The highest BCUT2D eigenvalue weighted by atomic mass is 16.6. The molecular weight excluding hydrogens is 234 g/mol. The van der Waals surface area contributed by atoms with Crippen LogP contribution in [-0.2, 0) is 6.54 Å². The number of benzene rings is 1. The predicted molar refractivity (Wildman–Crippen MR) is 66.4 cm³/mol. The topological polar surface area (TPSA) is 81.2 Å². The van der Waals surface area contributed by atoms with Gasteiger partial charge in [0.05, 0.1) is 17.7 Å². The lowest BCUT2D eigenvalue weighted by Crippen LogP contribution is -2.02. The minimum atomic E-state index is -0.381. The number of nitrogens with zero attached hydrogens (tertiary/aromatic N) is 2. The number of nitrogens with one attached hydrogen (secondary N) is 1. The van der Waals surface area contributed by atoms with Crippen LogP contribution in [0, 0.1) is 24.0 Å². The Bertz CT molecular complexity index is 564. The van der Waals surface area contributed by atoms with Gasteiger partial charge in [-0.2, -0.15) is 0 Å². The third-order valence-corrected chi connectivity index (χ3v) is 2.68. The van der Waals surface area contributed by atoms with Crippen LogP contribution < -0.4 is 5.32 Å². The maximum absolute atomic E-state index is 10.9. The molecule has 94 valence electrons. The molecule has 1 aromatic heterocycles. The average molecular weight is 247 g/mol. The minimum absolute atomic E-state index is 0.112. The standard InChI is InChI=1S/C12H13N3O3/c1-8-3-9(2)12(15(16)17)4-11(8)14-6-10-5-13-7-18-10/h3-5,7,14H,6H2,1-2H3. The fourth-order valence-corrected chi connectivity index (χ4v) is 1.74. The number of rotatable bonds is 4. The first-order chi connectivity index (χ1) is 8.58. The van der Waals surface area contributed by atoms with E-state index in [4.69, 9.17) is 4.42 Å².